The van der Waals surface area contributed by atoms with Crippen LogP contribution in [0.15, 0.2) is 24.3 Å². The number of rotatable bonds is 7. The SMILES string of the molecule is CCC(=O)Nc1ccccc1C(=O)NCCCN1CCOCC1. The summed E-state index contributed by atoms with van der Waals surface area (Å²) in [6.45, 7) is 6.85. The molecule has 1 aromatic rings. The van der Waals surface area contributed by atoms with Crippen LogP contribution in [0.5, 0.6) is 0 Å². The molecule has 2 amide bonds. The third-order valence-electron chi connectivity index (χ3n) is 3.81. The minimum Gasteiger partial charge on any atom is -0.379 e. The van der Waals surface area contributed by atoms with Gasteiger partial charge in [-0.05, 0) is 25.1 Å². The number of hydrogen-bond acceptors (Lipinski definition) is 4. The highest BCUT2D eigenvalue weighted by atomic mass is 16.5. The van der Waals surface area contributed by atoms with Crippen LogP contribution in [-0.4, -0.2) is 56.1 Å². The van der Waals surface area contributed by atoms with Crippen molar-refractivity contribution >= 4 is 17.5 Å². The summed E-state index contributed by atoms with van der Waals surface area (Å²) in [7, 11) is 0. The maximum absolute atomic E-state index is 12.3. The number of anilines is 1. The zero-order valence-corrected chi connectivity index (χ0v) is 13.6. The van der Waals surface area contributed by atoms with Gasteiger partial charge in [-0.1, -0.05) is 19.1 Å². The molecule has 0 spiro atoms. The van der Waals surface area contributed by atoms with Crippen LogP contribution < -0.4 is 10.6 Å². The number of carbonyl (C=O) groups excluding carboxylic acids is 2. The molecular formula is C17H25N3O3. The number of amides is 2. The van der Waals surface area contributed by atoms with Gasteiger partial charge >= 0.3 is 0 Å². The molecule has 1 heterocycles. The summed E-state index contributed by atoms with van der Waals surface area (Å²) < 4.78 is 5.31. The standard InChI is InChI=1S/C17H25N3O3/c1-2-16(21)19-15-7-4-3-6-14(15)17(22)18-8-5-9-20-10-12-23-13-11-20/h3-4,6-7H,2,5,8-13H2,1H3,(H,18,22)(H,19,21). The number of benzene rings is 1. The van der Waals surface area contributed by atoms with Crippen LogP contribution in [-0.2, 0) is 9.53 Å². The highest BCUT2D eigenvalue weighted by Gasteiger charge is 2.13. The van der Waals surface area contributed by atoms with E-state index in [1.165, 1.54) is 0 Å². The van der Waals surface area contributed by atoms with Gasteiger partial charge in [0.25, 0.3) is 5.91 Å². The molecule has 1 aromatic carbocycles. The Morgan fingerprint density at radius 1 is 1.22 bits per heavy atom. The van der Waals surface area contributed by atoms with Gasteiger partial charge in [-0.15, -0.1) is 0 Å². The van der Waals surface area contributed by atoms with Gasteiger partial charge in [0.15, 0.2) is 0 Å². The highest BCUT2D eigenvalue weighted by Crippen LogP contribution is 2.15. The molecule has 1 fully saturated rings. The van der Waals surface area contributed by atoms with Crippen molar-refractivity contribution < 1.29 is 14.3 Å². The van der Waals surface area contributed by atoms with Crippen molar-refractivity contribution in [3.8, 4) is 0 Å². The quantitative estimate of drug-likeness (QED) is 0.747. The Morgan fingerprint density at radius 2 is 1.96 bits per heavy atom. The fraction of sp³-hybridized carbons (Fsp3) is 0.529. The summed E-state index contributed by atoms with van der Waals surface area (Å²) in [5.41, 5.74) is 1.06. The van der Waals surface area contributed by atoms with Crippen molar-refractivity contribution in [2.45, 2.75) is 19.8 Å². The number of hydrogen-bond donors (Lipinski definition) is 2. The van der Waals surface area contributed by atoms with Gasteiger partial charge in [0, 0.05) is 26.1 Å². The topological polar surface area (TPSA) is 70.7 Å². The van der Waals surface area contributed by atoms with Crippen molar-refractivity contribution in [3.63, 3.8) is 0 Å². The molecule has 6 heteroatoms. The van der Waals surface area contributed by atoms with Crippen molar-refractivity contribution in [2.24, 2.45) is 0 Å². The minimum atomic E-state index is -0.154. The summed E-state index contributed by atoms with van der Waals surface area (Å²) in [6.07, 6.45) is 1.28. The monoisotopic (exact) mass is 319 g/mol. The Kier molecular flexibility index (Phi) is 7.03. The molecule has 6 nitrogen and oxygen atoms in total. The summed E-state index contributed by atoms with van der Waals surface area (Å²) in [6, 6.07) is 7.07. The number of ether oxygens (including phenoxy) is 1. The Morgan fingerprint density at radius 3 is 2.70 bits per heavy atom. The lowest BCUT2D eigenvalue weighted by Gasteiger charge is -2.26. The molecule has 23 heavy (non-hydrogen) atoms. The van der Waals surface area contributed by atoms with E-state index in [1.54, 1.807) is 31.2 Å². The first-order valence-corrected chi connectivity index (χ1v) is 8.18. The molecule has 0 bridgehead atoms. The lowest BCUT2D eigenvalue weighted by atomic mass is 10.1. The number of nitrogens with zero attached hydrogens (tertiary/aromatic N) is 1. The van der Waals surface area contributed by atoms with Crippen LogP contribution in [0.4, 0.5) is 5.69 Å². The van der Waals surface area contributed by atoms with Gasteiger partial charge in [-0.2, -0.15) is 0 Å². The second-order valence-electron chi connectivity index (χ2n) is 5.51. The molecule has 0 unspecified atom stereocenters. The van der Waals surface area contributed by atoms with Crippen molar-refractivity contribution in [1.82, 2.24) is 10.2 Å². The van der Waals surface area contributed by atoms with E-state index in [1.807, 2.05) is 0 Å². The summed E-state index contributed by atoms with van der Waals surface area (Å²) in [4.78, 5) is 26.2. The second-order valence-corrected chi connectivity index (χ2v) is 5.51. The fourth-order valence-electron chi connectivity index (χ4n) is 2.45. The number of nitrogens with one attached hydrogen (secondary N) is 2. The van der Waals surface area contributed by atoms with Gasteiger partial charge in [0.2, 0.25) is 5.91 Å². The van der Waals surface area contributed by atoms with Gasteiger partial charge in [0.05, 0.1) is 24.5 Å². The maximum atomic E-state index is 12.3. The van der Waals surface area contributed by atoms with Crippen LogP contribution in [0.1, 0.15) is 30.1 Å². The van der Waals surface area contributed by atoms with Crippen LogP contribution in [0, 0.1) is 0 Å². The first-order chi connectivity index (χ1) is 11.2. The molecule has 1 aliphatic rings. The smallest absolute Gasteiger partial charge is 0.253 e. The van der Waals surface area contributed by atoms with Crippen molar-refractivity contribution in [2.75, 3.05) is 44.7 Å². The minimum absolute atomic E-state index is 0.0995. The summed E-state index contributed by atoms with van der Waals surface area (Å²) in [5.74, 6) is -0.253. The van der Waals surface area contributed by atoms with Crippen molar-refractivity contribution in [1.29, 1.82) is 0 Å². The molecule has 0 aliphatic carbocycles. The van der Waals surface area contributed by atoms with E-state index in [0.29, 0.717) is 24.2 Å². The molecule has 0 saturated carbocycles. The van der Waals surface area contributed by atoms with Crippen LogP contribution in [0.3, 0.4) is 0 Å². The Balaban J connectivity index is 1.79. The predicted octanol–water partition coefficient (Wildman–Crippen LogP) is 1.49. The number of para-hydroxylation sites is 1. The summed E-state index contributed by atoms with van der Waals surface area (Å²) in [5, 5.41) is 5.68. The second kappa shape index (κ2) is 9.27. The van der Waals surface area contributed by atoms with Gasteiger partial charge < -0.3 is 15.4 Å². The third kappa shape index (κ3) is 5.65. The fourth-order valence-corrected chi connectivity index (χ4v) is 2.45. The lowest BCUT2D eigenvalue weighted by molar-refractivity contribution is -0.115. The van der Waals surface area contributed by atoms with E-state index in [2.05, 4.69) is 15.5 Å². The number of morpholine rings is 1. The first kappa shape index (κ1) is 17.4. The highest BCUT2D eigenvalue weighted by molar-refractivity contribution is 6.03. The van der Waals surface area contributed by atoms with E-state index in [9.17, 15) is 9.59 Å². The molecule has 2 N–H and O–H groups in total. The predicted molar refractivity (Wildman–Crippen MR) is 89.6 cm³/mol. The largest absolute Gasteiger partial charge is 0.379 e. The van der Waals surface area contributed by atoms with E-state index in [0.717, 1.165) is 39.3 Å². The Labute approximate surface area is 137 Å². The molecular weight excluding hydrogens is 294 g/mol. The molecule has 0 atom stereocenters. The van der Waals surface area contributed by atoms with E-state index < -0.39 is 0 Å². The normalized spacial score (nSPS) is 15.2. The van der Waals surface area contributed by atoms with Gasteiger partial charge in [0.1, 0.15) is 0 Å². The zero-order chi connectivity index (χ0) is 16.5. The van der Waals surface area contributed by atoms with Gasteiger partial charge in [-0.3, -0.25) is 14.5 Å². The molecule has 126 valence electrons. The van der Waals surface area contributed by atoms with E-state index in [-0.39, 0.29) is 11.8 Å². The van der Waals surface area contributed by atoms with Crippen LogP contribution in [0.2, 0.25) is 0 Å². The van der Waals surface area contributed by atoms with E-state index in [4.69, 9.17) is 4.74 Å². The molecule has 1 saturated heterocycles. The Hall–Kier alpha value is -1.92. The van der Waals surface area contributed by atoms with Crippen molar-refractivity contribution in [3.05, 3.63) is 29.8 Å². The average molecular weight is 319 g/mol. The zero-order valence-electron chi connectivity index (χ0n) is 13.6. The van der Waals surface area contributed by atoms with E-state index >= 15 is 0 Å². The lowest BCUT2D eigenvalue weighted by Crippen LogP contribution is -2.38. The average Bonchev–Trinajstić information content (AvgIpc) is 2.59. The van der Waals surface area contributed by atoms with Crippen LogP contribution in [0.25, 0.3) is 0 Å². The summed E-state index contributed by atoms with van der Waals surface area (Å²) >= 11 is 0. The van der Waals surface area contributed by atoms with Gasteiger partial charge in [-0.25, -0.2) is 0 Å². The molecule has 2 rings (SSSR count). The first-order valence-electron chi connectivity index (χ1n) is 8.18. The molecule has 0 radical (unpaired) electrons. The molecule has 0 aromatic heterocycles. The maximum Gasteiger partial charge on any atom is 0.253 e. The molecule has 1 aliphatic heterocycles. The third-order valence-corrected chi connectivity index (χ3v) is 3.81. The Bertz CT molecular complexity index is 528. The van der Waals surface area contributed by atoms with Crippen LogP contribution >= 0.6 is 0 Å². The number of carbonyl (C=O) groups is 2.